The van der Waals surface area contributed by atoms with E-state index in [1.165, 1.54) is 0 Å². The third-order valence-corrected chi connectivity index (χ3v) is 2.25. The van der Waals surface area contributed by atoms with E-state index in [9.17, 15) is 4.79 Å². The molecule has 1 atom stereocenters. The zero-order valence-electron chi connectivity index (χ0n) is 9.72. The maximum atomic E-state index is 10.9. The molecule has 0 unspecified atom stereocenters. The Labute approximate surface area is 96.1 Å². The summed E-state index contributed by atoms with van der Waals surface area (Å²) in [6.45, 7) is 4.33. The molecule has 0 saturated heterocycles. The molecule has 1 rings (SSSR count). The Kier molecular flexibility index (Phi) is 4.99. The van der Waals surface area contributed by atoms with Crippen molar-refractivity contribution in [3.63, 3.8) is 0 Å². The van der Waals surface area contributed by atoms with Gasteiger partial charge < -0.3 is 9.84 Å². The lowest BCUT2D eigenvalue weighted by atomic mass is 10.1. The van der Waals surface area contributed by atoms with Gasteiger partial charge in [0, 0.05) is 0 Å². The molecule has 0 spiro atoms. The van der Waals surface area contributed by atoms with Crippen molar-refractivity contribution in [1.29, 1.82) is 0 Å². The van der Waals surface area contributed by atoms with Crippen LogP contribution in [0.4, 0.5) is 0 Å². The Morgan fingerprint density at radius 3 is 2.44 bits per heavy atom. The van der Waals surface area contributed by atoms with Crippen molar-refractivity contribution >= 4 is 5.97 Å². The molecule has 3 heteroatoms. The molecular formula is C13H18O3. The molecule has 88 valence electrons. The summed E-state index contributed by atoms with van der Waals surface area (Å²) in [5, 5.41) is 8.98. The van der Waals surface area contributed by atoms with Crippen LogP contribution >= 0.6 is 0 Å². The number of carboxylic acid groups (broad SMARTS) is 1. The molecule has 0 aliphatic rings. The molecule has 0 amide bonds. The van der Waals surface area contributed by atoms with Crippen LogP contribution in [0.25, 0.3) is 0 Å². The van der Waals surface area contributed by atoms with Gasteiger partial charge >= 0.3 is 5.97 Å². The fourth-order valence-corrected chi connectivity index (χ4v) is 1.44. The van der Waals surface area contributed by atoms with Gasteiger partial charge in [-0.1, -0.05) is 44.2 Å². The van der Waals surface area contributed by atoms with E-state index in [2.05, 4.69) is 0 Å². The van der Waals surface area contributed by atoms with E-state index in [-0.39, 0.29) is 0 Å². The van der Waals surface area contributed by atoms with Gasteiger partial charge in [-0.3, -0.25) is 0 Å². The fourth-order valence-electron chi connectivity index (χ4n) is 1.44. The minimum atomic E-state index is -0.885. The minimum absolute atomic E-state index is 0.317. The number of hydrogen-bond donors (Lipinski definition) is 1. The van der Waals surface area contributed by atoms with Crippen LogP contribution in [0.5, 0.6) is 0 Å². The molecule has 0 aliphatic carbocycles. The molecule has 0 aromatic heterocycles. The van der Waals surface area contributed by atoms with Crippen molar-refractivity contribution in [3.05, 3.63) is 35.9 Å². The summed E-state index contributed by atoms with van der Waals surface area (Å²) in [6.07, 6.45) is -0.164. The molecule has 0 radical (unpaired) electrons. The van der Waals surface area contributed by atoms with Crippen LogP contribution in [-0.2, 0) is 16.1 Å². The first-order chi connectivity index (χ1) is 7.59. The van der Waals surface area contributed by atoms with Crippen LogP contribution in [0.2, 0.25) is 0 Å². The van der Waals surface area contributed by atoms with Gasteiger partial charge in [-0.25, -0.2) is 4.79 Å². The van der Waals surface area contributed by atoms with Crippen LogP contribution < -0.4 is 0 Å². The van der Waals surface area contributed by atoms with Gasteiger partial charge in [-0.05, 0) is 17.9 Å². The summed E-state index contributed by atoms with van der Waals surface area (Å²) < 4.78 is 5.40. The van der Waals surface area contributed by atoms with Gasteiger partial charge in [0.1, 0.15) is 0 Å². The van der Waals surface area contributed by atoms with E-state index in [1.807, 2.05) is 44.2 Å². The van der Waals surface area contributed by atoms with Crippen molar-refractivity contribution in [2.75, 3.05) is 0 Å². The predicted octanol–water partition coefficient (Wildman–Crippen LogP) is 2.70. The second-order valence-corrected chi connectivity index (χ2v) is 4.25. The Morgan fingerprint density at radius 2 is 1.94 bits per heavy atom. The highest BCUT2D eigenvalue weighted by atomic mass is 16.5. The van der Waals surface area contributed by atoms with Crippen LogP contribution in [0.15, 0.2) is 30.3 Å². The highest BCUT2D eigenvalue weighted by Gasteiger charge is 2.19. The summed E-state index contributed by atoms with van der Waals surface area (Å²) in [4.78, 5) is 10.9. The summed E-state index contributed by atoms with van der Waals surface area (Å²) in [7, 11) is 0. The minimum Gasteiger partial charge on any atom is -0.479 e. The van der Waals surface area contributed by atoms with Crippen molar-refractivity contribution in [2.45, 2.75) is 33.0 Å². The van der Waals surface area contributed by atoms with E-state index in [4.69, 9.17) is 9.84 Å². The van der Waals surface area contributed by atoms with Crippen LogP contribution in [0.3, 0.4) is 0 Å². The van der Waals surface area contributed by atoms with Gasteiger partial charge in [-0.15, -0.1) is 0 Å². The van der Waals surface area contributed by atoms with Crippen molar-refractivity contribution in [3.8, 4) is 0 Å². The van der Waals surface area contributed by atoms with Crippen LogP contribution in [0.1, 0.15) is 25.8 Å². The number of ether oxygens (including phenoxy) is 1. The Balaban J connectivity index is 2.47. The maximum absolute atomic E-state index is 10.9. The van der Waals surface area contributed by atoms with E-state index in [0.29, 0.717) is 18.9 Å². The van der Waals surface area contributed by atoms with Crippen molar-refractivity contribution < 1.29 is 14.6 Å². The highest BCUT2D eigenvalue weighted by Crippen LogP contribution is 2.11. The fraction of sp³-hybridized carbons (Fsp3) is 0.462. The maximum Gasteiger partial charge on any atom is 0.332 e. The molecule has 0 bridgehead atoms. The van der Waals surface area contributed by atoms with E-state index >= 15 is 0 Å². The number of carboxylic acids is 1. The quantitative estimate of drug-likeness (QED) is 0.805. The van der Waals surface area contributed by atoms with Gasteiger partial charge in [0.15, 0.2) is 6.10 Å². The predicted molar refractivity (Wildman–Crippen MR) is 62.1 cm³/mol. The number of carbonyl (C=O) groups is 1. The SMILES string of the molecule is CC(C)C[C@H](OCc1ccccc1)C(=O)O. The number of aliphatic carboxylic acids is 1. The highest BCUT2D eigenvalue weighted by molar-refractivity contribution is 5.72. The lowest BCUT2D eigenvalue weighted by Gasteiger charge is -2.15. The molecule has 1 N–H and O–H groups in total. The third kappa shape index (κ3) is 4.45. The average molecular weight is 222 g/mol. The molecule has 0 heterocycles. The first-order valence-electron chi connectivity index (χ1n) is 5.48. The average Bonchev–Trinajstić information content (AvgIpc) is 2.25. The zero-order valence-corrected chi connectivity index (χ0v) is 9.72. The Bertz CT molecular complexity index is 319. The number of hydrogen-bond acceptors (Lipinski definition) is 2. The van der Waals surface area contributed by atoms with Gasteiger partial charge in [0.05, 0.1) is 6.61 Å². The smallest absolute Gasteiger partial charge is 0.332 e. The number of benzene rings is 1. The lowest BCUT2D eigenvalue weighted by molar-refractivity contribution is -0.152. The molecule has 3 nitrogen and oxygen atoms in total. The second-order valence-electron chi connectivity index (χ2n) is 4.25. The molecule has 1 aromatic rings. The normalized spacial score (nSPS) is 12.7. The number of rotatable bonds is 6. The van der Waals surface area contributed by atoms with Crippen molar-refractivity contribution in [2.24, 2.45) is 5.92 Å². The largest absolute Gasteiger partial charge is 0.479 e. The summed E-state index contributed by atoms with van der Waals surface area (Å²) >= 11 is 0. The van der Waals surface area contributed by atoms with Gasteiger partial charge in [0.2, 0.25) is 0 Å². The summed E-state index contributed by atoms with van der Waals surface area (Å²) in [6, 6.07) is 9.60. The standard InChI is InChI=1S/C13H18O3/c1-10(2)8-12(13(14)15)16-9-11-6-4-3-5-7-11/h3-7,10,12H,8-9H2,1-2H3,(H,14,15)/t12-/m0/s1. The van der Waals surface area contributed by atoms with Crippen LogP contribution in [0, 0.1) is 5.92 Å². The summed E-state index contributed by atoms with van der Waals surface area (Å²) in [5.41, 5.74) is 0.998. The monoisotopic (exact) mass is 222 g/mol. The summed E-state index contributed by atoms with van der Waals surface area (Å²) in [5.74, 6) is -0.568. The Morgan fingerprint density at radius 1 is 1.31 bits per heavy atom. The van der Waals surface area contributed by atoms with E-state index in [0.717, 1.165) is 5.56 Å². The molecule has 0 saturated carbocycles. The molecule has 0 fully saturated rings. The van der Waals surface area contributed by atoms with E-state index < -0.39 is 12.1 Å². The molecule has 1 aromatic carbocycles. The van der Waals surface area contributed by atoms with E-state index in [1.54, 1.807) is 0 Å². The lowest BCUT2D eigenvalue weighted by Crippen LogP contribution is -2.25. The topological polar surface area (TPSA) is 46.5 Å². The third-order valence-electron chi connectivity index (χ3n) is 2.25. The molecule has 0 aliphatic heterocycles. The first kappa shape index (κ1) is 12.7. The first-order valence-corrected chi connectivity index (χ1v) is 5.48. The second kappa shape index (κ2) is 6.28. The molecule has 16 heavy (non-hydrogen) atoms. The Hall–Kier alpha value is -1.35. The van der Waals surface area contributed by atoms with Gasteiger partial charge in [-0.2, -0.15) is 0 Å². The van der Waals surface area contributed by atoms with Crippen LogP contribution in [-0.4, -0.2) is 17.2 Å². The van der Waals surface area contributed by atoms with Crippen molar-refractivity contribution in [1.82, 2.24) is 0 Å². The van der Waals surface area contributed by atoms with Gasteiger partial charge in [0.25, 0.3) is 0 Å². The molecular weight excluding hydrogens is 204 g/mol. The zero-order chi connectivity index (χ0) is 12.0.